The molecule has 0 unspecified atom stereocenters. The monoisotopic (exact) mass is 273 g/mol. The lowest BCUT2D eigenvalue weighted by molar-refractivity contribution is 0.0693. The fraction of sp³-hybridized carbons (Fsp3) is 0.200. The Morgan fingerprint density at radius 2 is 1.69 bits per heavy atom. The molecule has 0 N–H and O–H groups in total. The van der Waals surface area contributed by atoms with Gasteiger partial charge < -0.3 is 0 Å². The van der Waals surface area contributed by atoms with Crippen molar-refractivity contribution in [3.05, 3.63) is 29.3 Å². The van der Waals surface area contributed by atoms with Crippen molar-refractivity contribution in [1.82, 2.24) is 4.90 Å². The summed E-state index contributed by atoms with van der Waals surface area (Å²) in [7, 11) is 1.46. The largest absolute Gasteiger partial charge is 0.277 e. The Hall–Kier alpha value is -0.843. The summed E-state index contributed by atoms with van der Waals surface area (Å²) in [5.41, 5.74) is 0.813. The number of fused-ring (bicyclic) bond motifs is 1. The molecule has 0 saturated carbocycles. The standard InChI is InChI=1S/C10H9Cl2NO2Si/c1-13-9(14)7-4-3-6(16(2,11)12)5-8(7)10(13)15/h3-5H,1-2H3. The average molecular weight is 274 g/mol. The van der Waals surface area contributed by atoms with Gasteiger partial charge >= 0.3 is 0 Å². The van der Waals surface area contributed by atoms with E-state index >= 15 is 0 Å². The van der Waals surface area contributed by atoms with E-state index in [-0.39, 0.29) is 11.8 Å². The maximum atomic E-state index is 11.7. The van der Waals surface area contributed by atoms with Gasteiger partial charge in [0.1, 0.15) is 0 Å². The molecule has 2 rings (SSSR count). The van der Waals surface area contributed by atoms with E-state index in [0.29, 0.717) is 11.1 Å². The number of benzene rings is 1. The summed E-state index contributed by atoms with van der Waals surface area (Å²) in [5, 5.41) is 0.742. The zero-order valence-corrected chi connectivity index (χ0v) is 11.3. The summed E-state index contributed by atoms with van der Waals surface area (Å²) in [6.07, 6.45) is 0. The SMILES string of the molecule is CN1C(=O)c2ccc([Si](C)(Cl)Cl)cc2C1=O. The van der Waals surface area contributed by atoms with E-state index in [1.54, 1.807) is 24.7 Å². The first kappa shape index (κ1) is 11.6. The van der Waals surface area contributed by atoms with Gasteiger partial charge in [-0.3, -0.25) is 14.5 Å². The number of imide groups is 1. The van der Waals surface area contributed by atoms with Crippen LogP contribution in [0.15, 0.2) is 18.2 Å². The van der Waals surface area contributed by atoms with Crippen LogP contribution in [-0.4, -0.2) is 30.5 Å². The second kappa shape index (κ2) is 3.58. The van der Waals surface area contributed by atoms with Crippen molar-refractivity contribution in [2.45, 2.75) is 6.55 Å². The molecule has 1 aliphatic heterocycles. The second-order valence-electron chi connectivity index (χ2n) is 3.82. The summed E-state index contributed by atoms with van der Waals surface area (Å²) in [5.74, 6) is -0.576. The molecule has 1 aromatic carbocycles. The molecule has 0 spiro atoms. The lowest BCUT2D eigenvalue weighted by Gasteiger charge is -2.10. The van der Waals surface area contributed by atoms with Crippen molar-refractivity contribution in [3.8, 4) is 0 Å². The molecule has 1 aromatic rings. The summed E-state index contributed by atoms with van der Waals surface area (Å²) >= 11 is 12.2. The lowest BCUT2D eigenvalue weighted by Crippen LogP contribution is -2.33. The van der Waals surface area contributed by atoms with E-state index in [4.69, 9.17) is 22.2 Å². The maximum absolute atomic E-state index is 11.7. The smallest absolute Gasteiger partial charge is 0.277 e. The van der Waals surface area contributed by atoms with Crippen LogP contribution in [0.4, 0.5) is 0 Å². The first-order valence-corrected chi connectivity index (χ1v) is 9.19. The van der Waals surface area contributed by atoms with Gasteiger partial charge in [-0.2, -0.15) is 0 Å². The first-order chi connectivity index (χ1) is 7.32. The minimum absolute atomic E-state index is 0.279. The van der Waals surface area contributed by atoms with Crippen molar-refractivity contribution in [2.24, 2.45) is 0 Å². The molecule has 0 bridgehead atoms. The third-order valence-electron chi connectivity index (χ3n) is 2.60. The highest BCUT2D eigenvalue weighted by Gasteiger charge is 2.35. The van der Waals surface area contributed by atoms with Gasteiger partial charge in [-0.05, 0) is 23.9 Å². The molecule has 0 aromatic heterocycles. The highest BCUT2D eigenvalue weighted by molar-refractivity contribution is 7.50. The molecule has 84 valence electrons. The highest BCUT2D eigenvalue weighted by Crippen LogP contribution is 2.23. The topological polar surface area (TPSA) is 37.4 Å². The van der Waals surface area contributed by atoms with Gasteiger partial charge in [-0.15, -0.1) is 22.2 Å². The Balaban J connectivity index is 2.58. The first-order valence-electron chi connectivity index (χ1n) is 4.67. The van der Waals surface area contributed by atoms with Gasteiger partial charge in [0, 0.05) is 7.05 Å². The molecular weight excluding hydrogens is 265 g/mol. The van der Waals surface area contributed by atoms with Gasteiger partial charge in [-0.1, -0.05) is 6.07 Å². The van der Waals surface area contributed by atoms with E-state index in [1.807, 2.05) is 0 Å². The Kier molecular flexibility index (Phi) is 2.61. The van der Waals surface area contributed by atoms with Crippen molar-refractivity contribution < 1.29 is 9.59 Å². The predicted octanol–water partition coefficient (Wildman–Crippen LogP) is 1.67. The van der Waals surface area contributed by atoms with Crippen LogP contribution < -0.4 is 5.19 Å². The molecule has 1 aliphatic rings. The Morgan fingerprint density at radius 1 is 1.12 bits per heavy atom. The molecule has 16 heavy (non-hydrogen) atoms. The average Bonchev–Trinajstić information content (AvgIpc) is 2.43. The number of halogens is 2. The van der Waals surface area contributed by atoms with Crippen molar-refractivity contribution >= 4 is 45.9 Å². The van der Waals surface area contributed by atoms with E-state index in [2.05, 4.69) is 0 Å². The zero-order valence-electron chi connectivity index (χ0n) is 8.75. The van der Waals surface area contributed by atoms with Crippen molar-refractivity contribution in [1.29, 1.82) is 0 Å². The number of carbonyl (C=O) groups is 2. The van der Waals surface area contributed by atoms with Crippen LogP contribution in [-0.2, 0) is 0 Å². The minimum atomic E-state index is -2.49. The van der Waals surface area contributed by atoms with Gasteiger partial charge in [-0.25, -0.2) is 0 Å². The van der Waals surface area contributed by atoms with Crippen LogP contribution in [0.5, 0.6) is 0 Å². The number of rotatable bonds is 1. The third-order valence-corrected chi connectivity index (χ3v) is 5.23. The number of hydrogen-bond acceptors (Lipinski definition) is 2. The second-order valence-corrected chi connectivity index (χ2v) is 11.3. The van der Waals surface area contributed by atoms with Crippen molar-refractivity contribution in [3.63, 3.8) is 0 Å². The summed E-state index contributed by atoms with van der Waals surface area (Å²) in [6.45, 7) is -0.735. The van der Waals surface area contributed by atoms with E-state index in [1.165, 1.54) is 7.05 Å². The maximum Gasteiger partial charge on any atom is 0.277 e. The molecule has 0 saturated heterocycles. The zero-order chi connectivity index (χ0) is 12.1. The highest BCUT2D eigenvalue weighted by atomic mass is 35.7. The van der Waals surface area contributed by atoms with Crippen LogP contribution in [0.1, 0.15) is 20.7 Å². The Bertz CT molecular complexity index is 496. The van der Waals surface area contributed by atoms with E-state index in [0.717, 1.165) is 10.1 Å². The van der Waals surface area contributed by atoms with Crippen LogP contribution in [0.2, 0.25) is 6.55 Å². The molecule has 2 amide bonds. The third kappa shape index (κ3) is 1.67. The molecule has 1 heterocycles. The van der Waals surface area contributed by atoms with Gasteiger partial charge in [0.15, 0.2) is 0 Å². The Morgan fingerprint density at radius 3 is 2.25 bits per heavy atom. The molecule has 6 heteroatoms. The minimum Gasteiger partial charge on any atom is -0.277 e. The molecule has 0 aliphatic carbocycles. The van der Waals surface area contributed by atoms with Gasteiger partial charge in [0.05, 0.1) is 11.1 Å². The van der Waals surface area contributed by atoms with E-state index in [9.17, 15) is 9.59 Å². The molecule has 0 fully saturated rings. The number of amides is 2. The molecular formula is C10H9Cl2NO2Si. The molecule has 3 nitrogen and oxygen atoms in total. The predicted molar refractivity (Wildman–Crippen MR) is 65.8 cm³/mol. The van der Waals surface area contributed by atoms with Gasteiger partial charge in [0.2, 0.25) is 0 Å². The van der Waals surface area contributed by atoms with Crippen LogP contribution >= 0.6 is 22.2 Å². The number of nitrogens with zero attached hydrogens (tertiary/aromatic N) is 1. The van der Waals surface area contributed by atoms with Crippen LogP contribution in [0.25, 0.3) is 0 Å². The molecule has 0 radical (unpaired) electrons. The van der Waals surface area contributed by atoms with Crippen molar-refractivity contribution in [2.75, 3.05) is 7.05 Å². The van der Waals surface area contributed by atoms with Crippen LogP contribution in [0.3, 0.4) is 0 Å². The fourth-order valence-electron chi connectivity index (χ4n) is 1.63. The summed E-state index contributed by atoms with van der Waals surface area (Å²) in [4.78, 5) is 24.4. The fourth-order valence-corrected chi connectivity index (χ4v) is 3.11. The number of hydrogen-bond donors (Lipinski definition) is 0. The quantitative estimate of drug-likeness (QED) is 0.444. The summed E-state index contributed by atoms with van der Waals surface area (Å²) in [6, 6.07) is 4.96. The van der Waals surface area contributed by atoms with E-state index < -0.39 is 6.69 Å². The Labute approximate surface area is 103 Å². The lowest BCUT2D eigenvalue weighted by atomic mass is 10.1. The van der Waals surface area contributed by atoms with Crippen LogP contribution in [0, 0.1) is 0 Å². The normalized spacial score (nSPS) is 15.6. The van der Waals surface area contributed by atoms with Gasteiger partial charge in [0.25, 0.3) is 18.5 Å². The number of carbonyl (C=O) groups excluding carboxylic acids is 2. The molecule has 0 atom stereocenters. The summed E-state index contributed by atoms with van der Waals surface area (Å²) < 4.78 is 0.